The summed E-state index contributed by atoms with van der Waals surface area (Å²) < 4.78 is 0. The highest BCUT2D eigenvalue weighted by Crippen LogP contribution is 2.07. The van der Waals surface area contributed by atoms with E-state index in [1.54, 1.807) is 0 Å². The average molecular weight is 237 g/mol. The molecule has 0 aromatic heterocycles. The average Bonchev–Trinajstić information content (AvgIpc) is 2.19. The Morgan fingerprint density at radius 3 is 2.77 bits per heavy atom. The molecule has 0 unspecified atom stereocenters. The maximum absolute atomic E-state index is 3.36. The maximum atomic E-state index is 3.36. The van der Waals surface area contributed by atoms with Crippen LogP contribution in [0.2, 0.25) is 0 Å². The third-order valence-corrected chi connectivity index (χ3v) is 2.24. The minimum absolute atomic E-state index is 0.915. The van der Waals surface area contributed by atoms with Crippen molar-refractivity contribution in [1.29, 1.82) is 0 Å². The van der Waals surface area contributed by atoms with Gasteiger partial charge >= 0.3 is 0 Å². The lowest BCUT2D eigenvalue weighted by atomic mass is 10.1. The van der Waals surface area contributed by atoms with Crippen LogP contribution in [0.1, 0.15) is 24.5 Å². The van der Waals surface area contributed by atoms with Crippen molar-refractivity contribution in [2.75, 3.05) is 5.33 Å². The van der Waals surface area contributed by atoms with E-state index < -0.39 is 0 Å². The molecule has 0 aliphatic heterocycles. The molecule has 0 saturated carbocycles. The first kappa shape index (κ1) is 10.3. The molecule has 0 N–H and O–H groups in total. The molecule has 1 aromatic carbocycles. The van der Waals surface area contributed by atoms with Crippen molar-refractivity contribution < 1.29 is 0 Å². The topological polar surface area (TPSA) is 0 Å². The van der Waals surface area contributed by atoms with E-state index in [-0.39, 0.29) is 0 Å². The van der Waals surface area contributed by atoms with Crippen molar-refractivity contribution in [3.05, 3.63) is 35.4 Å². The monoisotopic (exact) mass is 236 g/mol. The number of aryl methyl sites for hydroxylation is 1. The van der Waals surface area contributed by atoms with Crippen LogP contribution in [0.25, 0.3) is 0 Å². The van der Waals surface area contributed by atoms with Crippen LogP contribution < -0.4 is 0 Å². The van der Waals surface area contributed by atoms with E-state index in [2.05, 4.69) is 52.9 Å². The minimum Gasteiger partial charge on any atom is -0.0970 e. The normalized spacial score (nSPS) is 9.08. The first-order chi connectivity index (χ1) is 6.38. The van der Waals surface area contributed by atoms with Crippen LogP contribution in [0.5, 0.6) is 0 Å². The first-order valence-electron chi connectivity index (χ1n) is 4.51. The molecule has 0 amide bonds. The zero-order valence-corrected chi connectivity index (χ0v) is 9.39. The minimum atomic E-state index is 0.915. The standard InChI is InChI=1S/C12H13Br/c1-2-11-7-3-4-8-12(11)9-5-6-10-13/h3-4,7-8H,2,6,10H2,1H3. The molecular formula is C12H13Br. The van der Waals surface area contributed by atoms with Crippen LogP contribution >= 0.6 is 15.9 Å². The van der Waals surface area contributed by atoms with Gasteiger partial charge in [-0.1, -0.05) is 52.9 Å². The summed E-state index contributed by atoms with van der Waals surface area (Å²) in [7, 11) is 0. The summed E-state index contributed by atoms with van der Waals surface area (Å²) in [5.41, 5.74) is 2.51. The Balaban J connectivity index is 2.82. The van der Waals surface area contributed by atoms with Crippen molar-refractivity contribution >= 4 is 15.9 Å². The molecule has 1 rings (SSSR count). The second-order valence-corrected chi connectivity index (χ2v) is 3.54. The molecule has 0 saturated heterocycles. The Labute approximate surface area is 88.5 Å². The molecule has 0 aliphatic carbocycles. The van der Waals surface area contributed by atoms with Gasteiger partial charge in [-0.2, -0.15) is 0 Å². The van der Waals surface area contributed by atoms with Crippen molar-refractivity contribution in [3.63, 3.8) is 0 Å². The van der Waals surface area contributed by atoms with Crippen LogP contribution in [0.3, 0.4) is 0 Å². The second-order valence-electron chi connectivity index (χ2n) is 2.75. The van der Waals surface area contributed by atoms with E-state index in [4.69, 9.17) is 0 Å². The number of halogens is 1. The SMILES string of the molecule is CCc1ccccc1C#CCCBr. The Kier molecular flexibility index (Phi) is 4.64. The van der Waals surface area contributed by atoms with Crippen LogP contribution in [-0.2, 0) is 6.42 Å². The van der Waals surface area contributed by atoms with Crippen molar-refractivity contribution in [2.45, 2.75) is 19.8 Å². The second kappa shape index (κ2) is 5.83. The van der Waals surface area contributed by atoms with Gasteiger partial charge in [0.25, 0.3) is 0 Å². The van der Waals surface area contributed by atoms with Crippen LogP contribution in [-0.4, -0.2) is 5.33 Å². The Morgan fingerprint density at radius 2 is 2.08 bits per heavy atom. The molecule has 1 heteroatoms. The molecule has 0 spiro atoms. The van der Waals surface area contributed by atoms with Gasteiger partial charge < -0.3 is 0 Å². The molecule has 0 heterocycles. The van der Waals surface area contributed by atoms with Crippen LogP contribution in [0.15, 0.2) is 24.3 Å². The highest BCUT2D eigenvalue weighted by molar-refractivity contribution is 9.09. The smallest absolute Gasteiger partial charge is 0.0277 e. The number of alkyl halides is 1. The number of hydrogen-bond donors (Lipinski definition) is 0. The van der Waals surface area contributed by atoms with Gasteiger partial charge in [-0.3, -0.25) is 0 Å². The summed E-state index contributed by atoms with van der Waals surface area (Å²) in [6.07, 6.45) is 1.97. The summed E-state index contributed by atoms with van der Waals surface area (Å²) in [6.45, 7) is 2.16. The van der Waals surface area contributed by atoms with Gasteiger partial charge in [-0.25, -0.2) is 0 Å². The molecule has 0 aliphatic rings. The first-order valence-corrected chi connectivity index (χ1v) is 5.63. The zero-order valence-electron chi connectivity index (χ0n) is 7.81. The van der Waals surface area contributed by atoms with Gasteiger partial charge in [0.2, 0.25) is 0 Å². The highest BCUT2D eigenvalue weighted by atomic mass is 79.9. The van der Waals surface area contributed by atoms with E-state index in [9.17, 15) is 0 Å². The zero-order chi connectivity index (χ0) is 9.52. The lowest BCUT2D eigenvalue weighted by Crippen LogP contribution is -1.85. The van der Waals surface area contributed by atoms with Gasteiger partial charge in [-0.15, -0.1) is 0 Å². The highest BCUT2D eigenvalue weighted by Gasteiger charge is 1.93. The number of rotatable bonds is 2. The third-order valence-electron chi connectivity index (χ3n) is 1.84. The maximum Gasteiger partial charge on any atom is 0.0277 e. The summed E-state index contributed by atoms with van der Waals surface area (Å²) in [6, 6.07) is 8.32. The van der Waals surface area contributed by atoms with E-state index in [1.807, 2.05) is 6.07 Å². The molecule has 0 atom stereocenters. The van der Waals surface area contributed by atoms with Crippen LogP contribution in [0.4, 0.5) is 0 Å². The van der Waals surface area contributed by atoms with Gasteiger partial charge in [0, 0.05) is 17.3 Å². The lowest BCUT2D eigenvalue weighted by Gasteiger charge is -1.98. The predicted octanol–water partition coefficient (Wildman–Crippen LogP) is 3.39. The number of hydrogen-bond acceptors (Lipinski definition) is 0. The molecule has 13 heavy (non-hydrogen) atoms. The fraction of sp³-hybridized carbons (Fsp3) is 0.333. The fourth-order valence-corrected chi connectivity index (χ4v) is 1.35. The summed E-state index contributed by atoms with van der Waals surface area (Å²) in [4.78, 5) is 0. The van der Waals surface area contributed by atoms with Crippen molar-refractivity contribution in [2.24, 2.45) is 0 Å². The van der Waals surface area contributed by atoms with Crippen LogP contribution in [0, 0.1) is 11.8 Å². The predicted molar refractivity (Wildman–Crippen MR) is 61.1 cm³/mol. The largest absolute Gasteiger partial charge is 0.0970 e. The molecular weight excluding hydrogens is 224 g/mol. The van der Waals surface area contributed by atoms with E-state index >= 15 is 0 Å². The Morgan fingerprint density at radius 1 is 1.31 bits per heavy atom. The van der Waals surface area contributed by atoms with Gasteiger partial charge in [0.15, 0.2) is 0 Å². The van der Waals surface area contributed by atoms with E-state index in [1.165, 1.54) is 11.1 Å². The molecule has 0 nitrogen and oxygen atoms in total. The van der Waals surface area contributed by atoms with Gasteiger partial charge in [0.1, 0.15) is 0 Å². The van der Waals surface area contributed by atoms with E-state index in [0.29, 0.717) is 0 Å². The molecule has 0 bridgehead atoms. The van der Waals surface area contributed by atoms with Gasteiger partial charge in [-0.05, 0) is 18.1 Å². The number of benzene rings is 1. The van der Waals surface area contributed by atoms with E-state index in [0.717, 1.165) is 18.2 Å². The third kappa shape index (κ3) is 3.24. The summed E-state index contributed by atoms with van der Waals surface area (Å²) >= 11 is 3.36. The quantitative estimate of drug-likeness (QED) is 0.546. The van der Waals surface area contributed by atoms with Crippen molar-refractivity contribution in [3.8, 4) is 11.8 Å². The molecule has 1 aromatic rings. The molecule has 68 valence electrons. The summed E-state index contributed by atoms with van der Waals surface area (Å²) in [5.74, 6) is 6.31. The Bertz CT molecular complexity index is 317. The Hall–Kier alpha value is -0.740. The molecule has 0 fully saturated rings. The summed E-state index contributed by atoms with van der Waals surface area (Å²) in [5, 5.41) is 0.953. The molecule has 0 radical (unpaired) electrons. The lowest BCUT2D eigenvalue weighted by molar-refractivity contribution is 1.13. The fourth-order valence-electron chi connectivity index (χ4n) is 1.16. The van der Waals surface area contributed by atoms with Crippen molar-refractivity contribution in [1.82, 2.24) is 0 Å². The van der Waals surface area contributed by atoms with Gasteiger partial charge in [0.05, 0.1) is 0 Å².